The van der Waals surface area contributed by atoms with Gasteiger partial charge in [-0.05, 0) is 18.6 Å². The van der Waals surface area contributed by atoms with Gasteiger partial charge in [0.15, 0.2) is 0 Å². The zero-order valence-electron chi connectivity index (χ0n) is 10.8. The van der Waals surface area contributed by atoms with Crippen LogP contribution in [0.4, 0.5) is 5.95 Å². The number of benzene rings is 1. The molecule has 1 aromatic carbocycles. The third-order valence-corrected chi connectivity index (χ3v) is 4.01. The summed E-state index contributed by atoms with van der Waals surface area (Å²) in [5.41, 5.74) is 3.21. The van der Waals surface area contributed by atoms with E-state index in [1.807, 2.05) is 24.3 Å². The number of rotatable bonds is 5. The van der Waals surface area contributed by atoms with Crippen molar-refractivity contribution in [1.82, 2.24) is 15.0 Å². The van der Waals surface area contributed by atoms with Crippen LogP contribution in [0.25, 0.3) is 11.0 Å². The lowest BCUT2D eigenvalue weighted by molar-refractivity contribution is 0.942. The van der Waals surface area contributed by atoms with Crippen LogP contribution in [0.15, 0.2) is 29.6 Å². The van der Waals surface area contributed by atoms with Crippen LogP contribution < -0.4 is 5.32 Å². The summed E-state index contributed by atoms with van der Waals surface area (Å²) in [7, 11) is 0. The maximum Gasteiger partial charge on any atom is 0.201 e. The van der Waals surface area contributed by atoms with Crippen LogP contribution in [-0.4, -0.2) is 21.5 Å². The summed E-state index contributed by atoms with van der Waals surface area (Å²) in [6.45, 7) is 2.97. The molecule has 2 heterocycles. The van der Waals surface area contributed by atoms with Crippen LogP contribution in [0.3, 0.4) is 0 Å². The number of aromatic nitrogens is 3. The first-order valence-corrected chi connectivity index (χ1v) is 7.35. The fourth-order valence-electron chi connectivity index (χ4n) is 1.97. The molecule has 2 N–H and O–H groups in total. The zero-order chi connectivity index (χ0) is 13.1. The molecule has 0 atom stereocenters. The summed E-state index contributed by atoms with van der Waals surface area (Å²) in [5.74, 6) is 0.826. The first-order valence-electron chi connectivity index (χ1n) is 6.47. The number of hydrogen-bond acceptors (Lipinski definition) is 4. The van der Waals surface area contributed by atoms with E-state index in [2.05, 4.69) is 32.6 Å². The van der Waals surface area contributed by atoms with Gasteiger partial charge in [0.25, 0.3) is 0 Å². The van der Waals surface area contributed by atoms with Crippen molar-refractivity contribution in [2.75, 3.05) is 11.9 Å². The lowest BCUT2D eigenvalue weighted by atomic mass is 10.3. The molecule has 3 aromatic rings. The lowest BCUT2D eigenvalue weighted by Crippen LogP contribution is -2.06. The van der Waals surface area contributed by atoms with Gasteiger partial charge in [0, 0.05) is 18.3 Å². The Bertz CT molecular complexity index is 638. The average molecular weight is 272 g/mol. The van der Waals surface area contributed by atoms with E-state index in [1.54, 1.807) is 11.3 Å². The molecule has 0 radical (unpaired) electrons. The van der Waals surface area contributed by atoms with E-state index in [1.165, 1.54) is 5.01 Å². The number of imidazole rings is 1. The number of nitrogens with zero attached hydrogens (tertiary/aromatic N) is 2. The summed E-state index contributed by atoms with van der Waals surface area (Å²) in [5, 5.41) is 6.65. The van der Waals surface area contributed by atoms with Crippen molar-refractivity contribution in [2.45, 2.75) is 19.8 Å². The van der Waals surface area contributed by atoms with Crippen LogP contribution in [0.2, 0.25) is 0 Å². The Balaban J connectivity index is 1.59. The van der Waals surface area contributed by atoms with Crippen molar-refractivity contribution in [2.24, 2.45) is 0 Å². The van der Waals surface area contributed by atoms with E-state index >= 15 is 0 Å². The number of aryl methyl sites for hydroxylation is 1. The van der Waals surface area contributed by atoms with Crippen molar-refractivity contribution in [3.05, 3.63) is 40.3 Å². The minimum atomic E-state index is 0.826. The molecule has 98 valence electrons. The van der Waals surface area contributed by atoms with Gasteiger partial charge in [-0.25, -0.2) is 9.97 Å². The van der Waals surface area contributed by atoms with E-state index in [0.29, 0.717) is 0 Å². The second-order valence-corrected chi connectivity index (χ2v) is 5.31. The molecule has 5 heteroatoms. The smallest absolute Gasteiger partial charge is 0.201 e. The van der Waals surface area contributed by atoms with Gasteiger partial charge in [-0.1, -0.05) is 19.1 Å². The molecule has 0 amide bonds. The molecule has 0 saturated heterocycles. The Hall–Kier alpha value is -1.88. The standard InChI is InChI=1S/C14H16N4S/c1-2-13-16-10(9-19-13)7-8-15-14-17-11-5-3-4-6-12(11)18-14/h3-6,9H,2,7-8H2,1H3,(H2,15,17,18). The van der Waals surface area contributed by atoms with Crippen molar-refractivity contribution in [1.29, 1.82) is 0 Å². The number of aromatic amines is 1. The minimum Gasteiger partial charge on any atom is -0.355 e. The molecule has 19 heavy (non-hydrogen) atoms. The Morgan fingerprint density at radius 1 is 1.26 bits per heavy atom. The molecule has 3 rings (SSSR count). The normalized spacial score (nSPS) is 11.0. The molecule has 2 aromatic heterocycles. The van der Waals surface area contributed by atoms with Gasteiger partial charge in [0.1, 0.15) is 0 Å². The van der Waals surface area contributed by atoms with Crippen LogP contribution in [0, 0.1) is 0 Å². The third-order valence-electron chi connectivity index (χ3n) is 2.96. The maximum absolute atomic E-state index is 4.55. The average Bonchev–Trinajstić information content (AvgIpc) is 3.04. The minimum absolute atomic E-state index is 0.826. The quantitative estimate of drug-likeness (QED) is 0.749. The monoisotopic (exact) mass is 272 g/mol. The maximum atomic E-state index is 4.55. The molecular formula is C14H16N4S. The van der Waals surface area contributed by atoms with Gasteiger partial charge in [-0.3, -0.25) is 0 Å². The SMILES string of the molecule is CCc1nc(CCNc2nc3ccccc3[nH]2)cs1. The van der Waals surface area contributed by atoms with Gasteiger partial charge in [-0.2, -0.15) is 0 Å². The second-order valence-electron chi connectivity index (χ2n) is 4.37. The zero-order valence-corrected chi connectivity index (χ0v) is 11.6. The van der Waals surface area contributed by atoms with Crippen molar-refractivity contribution < 1.29 is 0 Å². The fourth-order valence-corrected chi connectivity index (χ4v) is 2.75. The molecule has 0 bridgehead atoms. The molecule has 0 aliphatic heterocycles. The first-order chi connectivity index (χ1) is 9.35. The Labute approximate surface area is 115 Å². The molecular weight excluding hydrogens is 256 g/mol. The molecule has 4 nitrogen and oxygen atoms in total. The molecule has 0 spiro atoms. The summed E-state index contributed by atoms with van der Waals surface area (Å²) in [4.78, 5) is 12.3. The summed E-state index contributed by atoms with van der Waals surface area (Å²) < 4.78 is 0. The summed E-state index contributed by atoms with van der Waals surface area (Å²) >= 11 is 1.74. The van der Waals surface area contributed by atoms with Crippen molar-refractivity contribution in [3.8, 4) is 0 Å². The summed E-state index contributed by atoms with van der Waals surface area (Å²) in [6, 6.07) is 8.03. The Morgan fingerprint density at radius 2 is 2.16 bits per heavy atom. The molecule has 0 fully saturated rings. The Kier molecular flexibility index (Phi) is 3.46. The van der Waals surface area contributed by atoms with E-state index in [0.717, 1.165) is 42.1 Å². The van der Waals surface area contributed by atoms with Gasteiger partial charge < -0.3 is 10.3 Å². The van der Waals surface area contributed by atoms with Gasteiger partial charge in [0.2, 0.25) is 5.95 Å². The third kappa shape index (κ3) is 2.76. The van der Waals surface area contributed by atoms with Gasteiger partial charge >= 0.3 is 0 Å². The van der Waals surface area contributed by atoms with Crippen molar-refractivity contribution in [3.63, 3.8) is 0 Å². The largest absolute Gasteiger partial charge is 0.355 e. The van der Waals surface area contributed by atoms with Gasteiger partial charge in [0.05, 0.1) is 21.7 Å². The van der Waals surface area contributed by atoms with E-state index in [9.17, 15) is 0 Å². The number of para-hydroxylation sites is 2. The fraction of sp³-hybridized carbons (Fsp3) is 0.286. The predicted octanol–water partition coefficient (Wildman–Crippen LogP) is 3.24. The number of nitrogens with one attached hydrogen (secondary N) is 2. The highest BCUT2D eigenvalue weighted by molar-refractivity contribution is 7.09. The highest BCUT2D eigenvalue weighted by Gasteiger charge is 2.03. The second kappa shape index (κ2) is 5.40. The molecule has 0 aliphatic carbocycles. The number of H-pyrrole nitrogens is 1. The topological polar surface area (TPSA) is 53.6 Å². The molecule has 0 aliphatic rings. The van der Waals surface area contributed by atoms with Crippen LogP contribution in [-0.2, 0) is 12.8 Å². The first kappa shape index (κ1) is 12.2. The number of hydrogen-bond donors (Lipinski definition) is 2. The lowest BCUT2D eigenvalue weighted by Gasteiger charge is -1.99. The van der Waals surface area contributed by atoms with E-state index in [4.69, 9.17) is 0 Å². The van der Waals surface area contributed by atoms with Crippen LogP contribution >= 0.6 is 11.3 Å². The summed E-state index contributed by atoms with van der Waals surface area (Å²) in [6.07, 6.45) is 1.94. The van der Waals surface area contributed by atoms with Crippen LogP contribution in [0.5, 0.6) is 0 Å². The van der Waals surface area contributed by atoms with E-state index < -0.39 is 0 Å². The number of anilines is 1. The highest BCUT2D eigenvalue weighted by Crippen LogP contribution is 2.14. The Morgan fingerprint density at radius 3 is 2.95 bits per heavy atom. The molecule has 0 unspecified atom stereocenters. The highest BCUT2D eigenvalue weighted by atomic mass is 32.1. The number of fused-ring (bicyclic) bond motifs is 1. The van der Waals surface area contributed by atoms with Crippen LogP contribution in [0.1, 0.15) is 17.6 Å². The van der Waals surface area contributed by atoms with E-state index in [-0.39, 0.29) is 0 Å². The molecule has 0 saturated carbocycles. The predicted molar refractivity (Wildman–Crippen MR) is 79.8 cm³/mol. The number of thiazole rings is 1. The van der Waals surface area contributed by atoms with Crippen molar-refractivity contribution >= 4 is 28.3 Å². The van der Waals surface area contributed by atoms with Gasteiger partial charge in [-0.15, -0.1) is 11.3 Å².